The van der Waals surface area contributed by atoms with Crippen molar-refractivity contribution >= 4 is 0 Å². The molecule has 0 bridgehead atoms. The third-order valence-corrected chi connectivity index (χ3v) is 3.62. The highest BCUT2D eigenvalue weighted by atomic mass is 16.5. The number of aromatic nitrogens is 3. The molecule has 3 aromatic rings. The fraction of sp³-hybridized carbons (Fsp3) is 0.350. The molecule has 6 heteroatoms. The molecular weight excluding hydrogens is 330 g/mol. The predicted octanol–water partition coefficient (Wildman–Crippen LogP) is 4.07. The van der Waals surface area contributed by atoms with Gasteiger partial charge in [-0.05, 0) is 38.0 Å². The standard InChI is InChI=1S/C20H23N3O3/c1-15(2)25-20-17(10-6-12-21-20)19-22-18(26-23-19)11-7-13-24-14-16-8-4-3-5-9-16/h3-6,8-10,12,15H,7,11,13-14H2,1-2H3. The van der Waals surface area contributed by atoms with Crippen molar-refractivity contribution in [2.24, 2.45) is 0 Å². The highest BCUT2D eigenvalue weighted by Crippen LogP contribution is 2.26. The van der Waals surface area contributed by atoms with E-state index in [9.17, 15) is 0 Å². The van der Waals surface area contributed by atoms with Gasteiger partial charge in [-0.15, -0.1) is 0 Å². The van der Waals surface area contributed by atoms with Crippen LogP contribution in [-0.2, 0) is 17.8 Å². The maximum absolute atomic E-state index is 5.71. The lowest BCUT2D eigenvalue weighted by molar-refractivity contribution is 0.117. The Morgan fingerprint density at radius 2 is 1.92 bits per heavy atom. The lowest BCUT2D eigenvalue weighted by Gasteiger charge is -2.10. The van der Waals surface area contributed by atoms with Crippen molar-refractivity contribution in [3.63, 3.8) is 0 Å². The van der Waals surface area contributed by atoms with Crippen LogP contribution in [-0.4, -0.2) is 27.8 Å². The minimum absolute atomic E-state index is 0.0248. The van der Waals surface area contributed by atoms with Gasteiger partial charge < -0.3 is 14.0 Å². The Hall–Kier alpha value is -2.73. The van der Waals surface area contributed by atoms with Crippen LogP contribution in [0.25, 0.3) is 11.4 Å². The summed E-state index contributed by atoms with van der Waals surface area (Å²) in [6.45, 7) is 5.16. The Balaban J connectivity index is 1.51. The highest BCUT2D eigenvalue weighted by Gasteiger charge is 2.15. The number of pyridine rings is 1. The van der Waals surface area contributed by atoms with Crippen LogP contribution >= 0.6 is 0 Å². The lowest BCUT2D eigenvalue weighted by Crippen LogP contribution is -2.08. The predicted molar refractivity (Wildman–Crippen MR) is 97.7 cm³/mol. The summed E-state index contributed by atoms with van der Waals surface area (Å²) in [4.78, 5) is 8.71. The summed E-state index contributed by atoms with van der Waals surface area (Å²) < 4.78 is 16.7. The first-order valence-electron chi connectivity index (χ1n) is 8.78. The summed E-state index contributed by atoms with van der Waals surface area (Å²) >= 11 is 0. The minimum Gasteiger partial charge on any atom is -0.474 e. The van der Waals surface area contributed by atoms with E-state index < -0.39 is 0 Å². The average Bonchev–Trinajstić information content (AvgIpc) is 3.11. The van der Waals surface area contributed by atoms with E-state index in [1.807, 2.05) is 44.2 Å². The number of aryl methyl sites for hydroxylation is 1. The van der Waals surface area contributed by atoms with Gasteiger partial charge in [-0.3, -0.25) is 0 Å². The smallest absolute Gasteiger partial charge is 0.227 e. The van der Waals surface area contributed by atoms with Crippen LogP contribution in [0.4, 0.5) is 0 Å². The summed E-state index contributed by atoms with van der Waals surface area (Å²) in [5.41, 5.74) is 1.90. The topological polar surface area (TPSA) is 70.3 Å². The van der Waals surface area contributed by atoms with Crippen molar-refractivity contribution in [2.45, 2.75) is 39.4 Å². The number of rotatable bonds is 9. The van der Waals surface area contributed by atoms with Gasteiger partial charge in [-0.25, -0.2) is 4.98 Å². The second kappa shape index (κ2) is 9.10. The molecule has 26 heavy (non-hydrogen) atoms. The van der Waals surface area contributed by atoms with E-state index in [1.165, 1.54) is 5.56 Å². The summed E-state index contributed by atoms with van der Waals surface area (Å²) in [5.74, 6) is 1.60. The van der Waals surface area contributed by atoms with E-state index in [4.69, 9.17) is 14.0 Å². The van der Waals surface area contributed by atoms with E-state index >= 15 is 0 Å². The zero-order valence-corrected chi connectivity index (χ0v) is 15.1. The molecule has 0 N–H and O–H groups in total. The van der Waals surface area contributed by atoms with Crippen molar-refractivity contribution in [2.75, 3.05) is 6.61 Å². The largest absolute Gasteiger partial charge is 0.474 e. The van der Waals surface area contributed by atoms with Crippen molar-refractivity contribution < 1.29 is 14.0 Å². The molecule has 0 atom stereocenters. The Kier molecular flexibility index (Phi) is 6.33. The maximum Gasteiger partial charge on any atom is 0.227 e. The van der Waals surface area contributed by atoms with Crippen LogP contribution in [0, 0.1) is 0 Å². The van der Waals surface area contributed by atoms with E-state index in [-0.39, 0.29) is 6.10 Å². The molecule has 2 aromatic heterocycles. The molecule has 6 nitrogen and oxygen atoms in total. The van der Waals surface area contributed by atoms with Gasteiger partial charge >= 0.3 is 0 Å². The molecule has 136 valence electrons. The van der Waals surface area contributed by atoms with Gasteiger partial charge in [-0.1, -0.05) is 35.5 Å². The van der Waals surface area contributed by atoms with Crippen molar-refractivity contribution in [3.8, 4) is 17.3 Å². The molecule has 0 spiro atoms. The number of hydrogen-bond donors (Lipinski definition) is 0. The average molecular weight is 353 g/mol. The number of benzene rings is 1. The van der Waals surface area contributed by atoms with Crippen LogP contribution in [0.2, 0.25) is 0 Å². The molecule has 0 radical (unpaired) electrons. The van der Waals surface area contributed by atoms with Crippen LogP contribution in [0.5, 0.6) is 5.88 Å². The molecule has 0 aliphatic rings. The number of nitrogens with zero attached hydrogens (tertiary/aromatic N) is 3. The van der Waals surface area contributed by atoms with Gasteiger partial charge in [0.2, 0.25) is 17.6 Å². The van der Waals surface area contributed by atoms with Crippen molar-refractivity contribution in [3.05, 3.63) is 60.1 Å². The van der Waals surface area contributed by atoms with E-state index in [0.717, 1.165) is 12.0 Å². The van der Waals surface area contributed by atoms with Gasteiger partial charge in [0.15, 0.2) is 0 Å². The molecule has 3 rings (SSSR count). The monoisotopic (exact) mass is 353 g/mol. The first-order valence-corrected chi connectivity index (χ1v) is 8.78. The fourth-order valence-corrected chi connectivity index (χ4v) is 2.43. The van der Waals surface area contributed by atoms with E-state index in [1.54, 1.807) is 6.20 Å². The van der Waals surface area contributed by atoms with Gasteiger partial charge in [-0.2, -0.15) is 4.98 Å². The first-order chi connectivity index (χ1) is 12.7. The quantitative estimate of drug-likeness (QED) is 0.540. The molecule has 0 aliphatic carbocycles. The van der Waals surface area contributed by atoms with Crippen LogP contribution < -0.4 is 4.74 Å². The molecule has 0 fully saturated rings. The summed E-state index contributed by atoms with van der Waals surface area (Å²) in [5, 5.41) is 4.05. The third kappa shape index (κ3) is 5.13. The zero-order chi connectivity index (χ0) is 18.2. The summed E-state index contributed by atoms with van der Waals surface area (Å²) in [6, 6.07) is 13.8. The lowest BCUT2D eigenvalue weighted by atomic mass is 10.2. The molecule has 0 saturated heterocycles. The zero-order valence-electron chi connectivity index (χ0n) is 15.1. The van der Waals surface area contributed by atoms with E-state index in [0.29, 0.717) is 37.2 Å². The van der Waals surface area contributed by atoms with Gasteiger partial charge in [0.05, 0.1) is 18.3 Å². The Bertz CT molecular complexity index is 803. The Morgan fingerprint density at radius 1 is 1.08 bits per heavy atom. The first kappa shape index (κ1) is 18.1. The summed E-state index contributed by atoms with van der Waals surface area (Å²) in [7, 11) is 0. The van der Waals surface area contributed by atoms with Gasteiger partial charge in [0.25, 0.3) is 0 Å². The van der Waals surface area contributed by atoms with Crippen molar-refractivity contribution in [1.82, 2.24) is 15.1 Å². The molecule has 0 amide bonds. The van der Waals surface area contributed by atoms with Crippen LogP contribution in [0.1, 0.15) is 31.7 Å². The van der Waals surface area contributed by atoms with Crippen LogP contribution in [0.15, 0.2) is 53.2 Å². The third-order valence-electron chi connectivity index (χ3n) is 3.62. The molecular formula is C20H23N3O3. The summed E-state index contributed by atoms with van der Waals surface area (Å²) in [6.07, 6.45) is 3.20. The van der Waals surface area contributed by atoms with Crippen molar-refractivity contribution in [1.29, 1.82) is 0 Å². The number of ether oxygens (including phenoxy) is 2. The second-order valence-corrected chi connectivity index (χ2v) is 6.18. The Labute approximate surface area is 153 Å². The Morgan fingerprint density at radius 3 is 2.73 bits per heavy atom. The van der Waals surface area contributed by atoms with E-state index in [2.05, 4.69) is 27.3 Å². The normalized spacial score (nSPS) is 11.0. The maximum atomic E-state index is 5.71. The molecule has 0 unspecified atom stereocenters. The number of hydrogen-bond acceptors (Lipinski definition) is 6. The second-order valence-electron chi connectivity index (χ2n) is 6.18. The molecule has 1 aromatic carbocycles. The SMILES string of the molecule is CC(C)Oc1ncccc1-c1noc(CCCOCc2ccccc2)n1. The molecule has 0 aliphatic heterocycles. The molecule has 2 heterocycles. The molecule has 0 saturated carbocycles. The van der Waals surface area contributed by atoms with Crippen LogP contribution in [0.3, 0.4) is 0 Å². The van der Waals surface area contributed by atoms with Gasteiger partial charge in [0, 0.05) is 19.2 Å². The minimum atomic E-state index is 0.0248. The highest BCUT2D eigenvalue weighted by molar-refractivity contribution is 5.60. The fourth-order valence-electron chi connectivity index (χ4n) is 2.43. The van der Waals surface area contributed by atoms with Gasteiger partial charge in [0.1, 0.15) is 0 Å².